The van der Waals surface area contributed by atoms with Crippen molar-refractivity contribution >= 4 is 23.7 Å². The molecule has 0 atom stereocenters. The number of thioether (sulfide) groups is 1. The van der Waals surface area contributed by atoms with Crippen LogP contribution in [0, 0.1) is 0 Å². The van der Waals surface area contributed by atoms with Crippen LogP contribution in [0.3, 0.4) is 0 Å². The van der Waals surface area contributed by atoms with Gasteiger partial charge in [-0.3, -0.25) is 10.1 Å². The molecule has 4 N–H and O–H groups in total. The Balaban J connectivity index is 1.46. The lowest BCUT2D eigenvalue weighted by atomic mass is 9.96. The highest BCUT2D eigenvalue weighted by atomic mass is 32.2. The molecule has 0 radical (unpaired) electrons. The monoisotopic (exact) mass is 364 g/mol. The Morgan fingerprint density at radius 2 is 2.12 bits per heavy atom. The second-order valence-corrected chi connectivity index (χ2v) is 6.74. The Bertz CT molecular complexity index is 724. The molecule has 10 heteroatoms. The van der Waals surface area contributed by atoms with Crippen LogP contribution in [0.5, 0.6) is 0 Å². The largest absolute Gasteiger partial charge is 0.461 e. The number of nitrogens with one attached hydrogen (secondary N) is 2. The van der Waals surface area contributed by atoms with Crippen molar-refractivity contribution in [2.75, 3.05) is 11.6 Å². The van der Waals surface area contributed by atoms with Gasteiger partial charge in [-0.1, -0.05) is 31.0 Å². The average Bonchev–Trinajstić information content (AvgIpc) is 3.23. The van der Waals surface area contributed by atoms with Crippen LogP contribution < -0.4 is 16.5 Å². The van der Waals surface area contributed by atoms with Gasteiger partial charge in [0, 0.05) is 6.04 Å². The lowest BCUT2D eigenvalue weighted by Gasteiger charge is -2.22. The minimum atomic E-state index is -0.456. The molecule has 9 nitrogen and oxygen atoms in total. The molecule has 0 aliphatic heterocycles. The molecule has 1 aliphatic rings. The van der Waals surface area contributed by atoms with Crippen LogP contribution in [0.4, 0.5) is 4.79 Å². The summed E-state index contributed by atoms with van der Waals surface area (Å²) in [6, 6.07) is 3.12. The Morgan fingerprint density at radius 3 is 2.84 bits per heavy atom. The van der Waals surface area contributed by atoms with Crippen LogP contribution in [-0.4, -0.2) is 38.6 Å². The van der Waals surface area contributed by atoms with Gasteiger partial charge in [0.2, 0.25) is 16.9 Å². The normalized spacial score (nSPS) is 15.0. The lowest BCUT2D eigenvalue weighted by Crippen LogP contribution is -2.45. The van der Waals surface area contributed by atoms with Gasteiger partial charge in [0.25, 0.3) is 0 Å². The molecule has 1 fully saturated rings. The van der Waals surface area contributed by atoms with E-state index in [2.05, 4.69) is 20.8 Å². The van der Waals surface area contributed by atoms with Gasteiger partial charge in [-0.25, -0.2) is 9.47 Å². The van der Waals surface area contributed by atoms with Crippen LogP contribution in [0.25, 0.3) is 11.6 Å². The minimum Gasteiger partial charge on any atom is -0.461 e. The summed E-state index contributed by atoms with van der Waals surface area (Å²) < 4.78 is 6.47. The minimum absolute atomic E-state index is 0.00553. The highest BCUT2D eigenvalue weighted by molar-refractivity contribution is 7.99. The van der Waals surface area contributed by atoms with Gasteiger partial charge in [-0.2, -0.15) is 0 Å². The van der Waals surface area contributed by atoms with E-state index in [9.17, 15) is 9.59 Å². The van der Waals surface area contributed by atoms with Gasteiger partial charge < -0.3 is 15.6 Å². The SMILES string of the molecule is Nn1c(SCC(=O)NC(=O)NC2CCCCC2)nnc1-c1ccco1. The molecule has 25 heavy (non-hydrogen) atoms. The van der Waals surface area contributed by atoms with Crippen LogP contribution in [0.15, 0.2) is 28.0 Å². The van der Waals surface area contributed by atoms with Crippen molar-refractivity contribution in [3.05, 3.63) is 18.4 Å². The molecule has 0 aromatic carbocycles. The third kappa shape index (κ3) is 4.53. The number of hydrogen-bond donors (Lipinski definition) is 3. The second kappa shape index (κ2) is 8.06. The summed E-state index contributed by atoms with van der Waals surface area (Å²) in [6.45, 7) is 0. The van der Waals surface area contributed by atoms with E-state index >= 15 is 0 Å². The maximum atomic E-state index is 11.9. The topological polar surface area (TPSA) is 128 Å². The molecule has 2 heterocycles. The van der Waals surface area contributed by atoms with Crippen molar-refractivity contribution < 1.29 is 14.0 Å². The maximum Gasteiger partial charge on any atom is 0.321 e. The highest BCUT2D eigenvalue weighted by Crippen LogP contribution is 2.21. The number of aromatic nitrogens is 3. The van der Waals surface area contributed by atoms with Gasteiger partial charge in [0.05, 0.1) is 12.0 Å². The summed E-state index contributed by atoms with van der Waals surface area (Å²) in [7, 11) is 0. The van der Waals surface area contributed by atoms with E-state index in [0.717, 1.165) is 37.4 Å². The number of urea groups is 1. The Labute approximate surface area is 148 Å². The molecule has 3 rings (SSSR count). The number of carbonyl (C=O) groups is 2. The number of furan rings is 1. The van der Waals surface area contributed by atoms with Crippen LogP contribution in [0.1, 0.15) is 32.1 Å². The maximum absolute atomic E-state index is 11.9. The van der Waals surface area contributed by atoms with Crippen molar-refractivity contribution in [3.8, 4) is 11.6 Å². The summed E-state index contributed by atoms with van der Waals surface area (Å²) in [4.78, 5) is 23.7. The predicted molar refractivity (Wildman–Crippen MR) is 92.1 cm³/mol. The lowest BCUT2D eigenvalue weighted by molar-refractivity contribution is -0.117. The molecular weight excluding hydrogens is 344 g/mol. The molecule has 1 saturated carbocycles. The van der Waals surface area contributed by atoms with Crippen LogP contribution >= 0.6 is 11.8 Å². The second-order valence-electron chi connectivity index (χ2n) is 5.80. The number of nitrogens with zero attached hydrogens (tertiary/aromatic N) is 3. The van der Waals surface area contributed by atoms with Gasteiger partial charge >= 0.3 is 6.03 Å². The van der Waals surface area contributed by atoms with Gasteiger partial charge in [-0.05, 0) is 25.0 Å². The van der Waals surface area contributed by atoms with Gasteiger partial charge in [0.15, 0.2) is 5.76 Å². The standard InChI is InChI=1S/C15H20N6O3S/c16-21-13(11-7-4-8-24-11)19-20-15(21)25-9-12(22)18-14(23)17-10-5-2-1-3-6-10/h4,7-8,10H,1-3,5-6,9,16H2,(H2,17,18,22,23). The zero-order chi connectivity index (χ0) is 17.6. The third-order valence-corrected chi connectivity index (χ3v) is 4.87. The number of carbonyl (C=O) groups excluding carboxylic acids is 2. The number of nitrogen functional groups attached to an aromatic ring is 1. The quantitative estimate of drug-likeness (QED) is 0.542. The van der Waals surface area contributed by atoms with E-state index in [1.165, 1.54) is 17.4 Å². The molecular formula is C15H20N6O3S. The van der Waals surface area contributed by atoms with Crippen molar-refractivity contribution in [3.63, 3.8) is 0 Å². The molecule has 3 amide bonds. The van der Waals surface area contributed by atoms with E-state index in [4.69, 9.17) is 10.3 Å². The number of amides is 3. The molecule has 2 aromatic heterocycles. The summed E-state index contributed by atoms with van der Waals surface area (Å²) in [5.41, 5.74) is 0. The van der Waals surface area contributed by atoms with E-state index in [1.807, 2.05) is 0 Å². The van der Waals surface area contributed by atoms with Crippen molar-refractivity contribution in [2.45, 2.75) is 43.3 Å². The summed E-state index contributed by atoms with van der Waals surface area (Å²) in [5, 5.41) is 13.4. The predicted octanol–water partition coefficient (Wildman–Crippen LogP) is 1.50. The smallest absolute Gasteiger partial charge is 0.321 e. The summed E-state index contributed by atoms with van der Waals surface area (Å²) in [5.74, 6) is 6.34. The molecule has 0 unspecified atom stereocenters. The highest BCUT2D eigenvalue weighted by Gasteiger charge is 2.18. The Morgan fingerprint density at radius 1 is 1.32 bits per heavy atom. The molecule has 0 bridgehead atoms. The fourth-order valence-electron chi connectivity index (χ4n) is 2.71. The first-order valence-electron chi connectivity index (χ1n) is 8.11. The van der Waals surface area contributed by atoms with Crippen LogP contribution in [0.2, 0.25) is 0 Å². The first-order chi connectivity index (χ1) is 12.1. The number of imide groups is 1. The molecule has 0 spiro atoms. The van der Waals surface area contributed by atoms with Crippen LogP contribution in [-0.2, 0) is 4.79 Å². The number of hydrogen-bond acceptors (Lipinski definition) is 7. The zero-order valence-corrected chi connectivity index (χ0v) is 14.4. The Kier molecular flexibility index (Phi) is 5.59. The van der Waals surface area contributed by atoms with Crippen molar-refractivity contribution in [1.29, 1.82) is 0 Å². The third-order valence-electron chi connectivity index (χ3n) is 3.93. The average molecular weight is 364 g/mol. The van der Waals surface area contributed by atoms with E-state index < -0.39 is 11.9 Å². The van der Waals surface area contributed by atoms with Gasteiger partial charge in [0.1, 0.15) is 0 Å². The number of nitrogens with two attached hydrogens (primary N) is 1. The summed E-state index contributed by atoms with van der Waals surface area (Å²) in [6.07, 6.45) is 6.85. The van der Waals surface area contributed by atoms with Crippen molar-refractivity contribution in [2.24, 2.45) is 0 Å². The fourth-order valence-corrected chi connectivity index (χ4v) is 3.37. The molecule has 0 saturated heterocycles. The van der Waals surface area contributed by atoms with Crippen molar-refractivity contribution in [1.82, 2.24) is 25.5 Å². The Hall–Kier alpha value is -2.49. The van der Waals surface area contributed by atoms with E-state index in [1.54, 1.807) is 12.1 Å². The number of rotatable bonds is 5. The zero-order valence-electron chi connectivity index (χ0n) is 13.6. The first kappa shape index (κ1) is 17.3. The van der Waals surface area contributed by atoms with E-state index in [0.29, 0.717) is 16.7 Å². The fraction of sp³-hybridized carbons (Fsp3) is 0.467. The van der Waals surface area contributed by atoms with Gasteiger partial charge in [-0.15, -0.1) is 10.2 Å². The van der Waals surface area contributed by atoms with E-state index in [-0.39, 0.29) is 11.8 Å². The molecule has 134 valence electrons. The molecule has 1 aliphatic carbocycles. The molecule has 2 aromatic rings. The first-order valence-corrected chi connectivity index (χ1v) is 9.09. The summed E-state index contributed by atoms with van der Waals surface area (Å²) >= 11 is 1.09.